The number of benzene rings is 2. The zero-order chi connectivity index (χ0) is 22.5. The number of carbonyl (C=O) groups excluding carboxylic acids is 1. The summed E-state index contributed by atoms with van der Waals surface area (Å²) in [6.45, 7) is 0.551. The van der Waals surface area contributed by atoms with Gasteiger partial charge in [-0.25, -0.2) is 13.6 Å². The number of hydrogen-bond acceptors (Lipinski definition) is 4. The van der Waals surface area contributed by atoms with E-state index >= 15 is 0 Å². The van der Waals surface area contributed by atoms with Gasteiger partial charge in [-0.3, -0.25) is 14.2 Å². The van der Waals surface area contributed by atoms with Crippen molar-refractivity contribution in [2.75, 3.05) is 7.11 Å². The Hall–Kier alpha value is -2.78. The Kier molecular flexibility index (Phi) is 7.40. The molecule has 0 amide bonds. The van der Waals surface area contributed by atoms with Gasteiger partial charge in [-0.2, -0.15) is 0 Å². The summed E-state index contributed by atoms with van der Waals surface area (Å²) < 4.78 is 36.6. The zero-order valence-electron chi connectivity index (χ0n) is 16.7. The van der Waals surface area contributed by atoms with E-state index in [-0.39, 0.29) is 18.5 Å². The highest BCUT2D eigenvalue weighted by Crippen LogP contribution is 2.21. The van der Waals surface area contributed by atoms with Crippen LogP contribution in [0.4, 0.5) is 8.78 Å². The molecule has 1 atom stereocenters. The van der Waals surface area contributed by atoms with E-state index in [4.69, 9.17) is 0 Å². The first-order valence-electron chi connectivity index (χ1n) is 9.56. The van der Waals surface area contributed by atoms with Crippen LogP contribution in [-0.4, -0.2) is 27.5 Å². The van der Waals surface area contributed by atoms with E-state index in [9.17, 15) is 23.5 Å². The van der Waals surface area contributed by atoms with E-state index in [2.05, 4.69) is 20.7 Å². The fraction of sp³-hybridized carbons (Fsp3) is 0.273. The summed E-state index contributed by atoms with van der Waals surface area (Å²) in [7, 11) is 1.04. The molecule has 0 saturated carbocycles. The Morgan fingerprint density at radius 1 is 1.16 bits per heavy atom. The number of aromatic nitrogens is 2. The molecule has 3 aromatic rings. The molecule has 2 aromatic carbocycles. The lowest BCUT2D eigenvalue weighted by Gasteiger charge is -2.15. The molecule has 1 unspecified atom stereocenters. The normalized spacial score (nSPS) is 12.0. The maximum absolute atomic E-state index is 14.1. The third-order valence-corrected chi connectivity index (χ3v) is 5.42. The Labute approximate surface area is 185 Å². The third-order valence-electron chi connectivity index (χ3n) is 4.92. The molecule has 0 aliphatic rings. The van der Waals surface area contributed by atoms with Gasteiger partial charge >= 0.3 is 5.97 Å². The number of rotatable bonds is 8. The van der Waals surface area contributed by atoms with Gasteiger partial charge in [-0.15, -0.1) is 0 Å². The maximum Gasteiger partial charge on any atom is 0.343 e. The number of nitrogens with zero attached hydrogens (tertiary/aromatic N) is 2. The number of aliphatic hydroxyl groups is 1. The van der Waals surface area contributed by atoms with Crippen molar-refractivity contribution in [1.29, 1.82) is 0 Å². The van der Waals surface area contributed by atoms with Crippen LogP contribution in [0.15, 0.2) is 57.9 Å². The van der Waals surface area contributed by atoms with Crippen molar-refractivity contribution in [3.8, 4) is 0 Å². The van der Waals surface area contributed by atoms with Crippen molar-refractivity contribution in [3.63, 3.8) is 0 Å². The molecule has 0 aliphatic carbocycles. The molecule has 1 heterocycles. The summed E-state index contributed by atoms with van der Waals surface area (Å²) in [6.07, 6.45) is 1.45. The second kappa shape index (κ2) is 10.0. The Bertz CT molecular complexity index is 1120. The molecule has 0 bridgehead atoms. The van der Waals surface area contributed by atoms with E-state index in [1.54, 1.807) is 10.9 Å². The predicted octanol–water partition coefficient (Wildman–Crippen LogP) is 3.84. The number of hydrogen-bond donors (Lipinski definition) is 1. The second-order valence-electron chi connectivity index (χ2n) is 6.98. The Balaban J connectivity index is 1.69. The summed E-state index contributed by atoms with van der Waals surface area (Å²) in [6, 6.07) is 10.9. The van der Waals surface area contributed by atoms with Gasteiger partial charge in [-0.05, 0) is 48.2 Å². The van der Waals surface area contributed by atoms with Crippen LogP contribution in [0.1, 0.15) is 34.0 Å². The molecule has 6 nitrogen and oxygen atoms in total. The van der Waals surface area contributed by atoms with Gasteiger partial charge in [0.15, 0.2) is 0 Å². The molecule has 31 heavy (non-hydrogen) atoms. The van der Waals surface area contributed by atoms with Gasteiger partial charge < -0.3 is 9.84 Å². The zero-order valence-corrected chi connectivity index (χ0v) is 18.3. The van der Waals surface area contributed by atoms with Crippen LogP contribution in [0.25, 0.3) is 0 Å². The Morgan fingerprint density at radius 3 is 2.52 bits per heavy atom. The molecule has 9 heteroatoms. The fourth-order valence-corrected chi connectivity index (χ4v) is 3.73. The van der Waals surface area contributed by atoms with Crippen LogP contribution in [0, 0.1) is 11.6 Å². The smallest absolute Gasteiger partial charge is 0.343 e. The van der Waals surface area contributed by atoms with E-state index in [1.165, 1.54) is 10.7 Å². The molecule has 1 N–H and O–H groups in total. The van der Waals surface area contributed by atoms with Crippen LogP contribution < -0.4 is 5.56 Å². The Morgan fingerprint density at radius 2 is 1.87 bits per heavy atom. The molecule has 3 rings (SSSR count). The van der Waals surface area contributed by atoms with Crippen molar-refractivity contribution in [3.05, 3.63) is 91.8 Å². The molecule has 1 aromatic heterocycles. The number of ether oxygens (including phenoxy) is 1. The molecule has 164 valence electrons. The minimum atomic E-state index is -1.09. The molecule has 0 saturated heterocycles. The summed E-state index contributed by atoms with van der Waals surface area (Å²) in [5.74, 6) is -3.11. The minimum Gasteiger partial charge on any atom is -0.465 e. The van der Waals surface area contributed by atoms with Crippen LogP contribution in [-0.2, 0) is 24.2 Å². The summed E-state index contributed by atoms with van der Waals surface area (Å²) in [5.41, 5.74) is 0.0564. The average molecular weight is 495 g/mol. The minimum absolute atomic E-state index is 0.174. The molecule has 0 fully saturated rings. The lowest BCUT2D eigenvalue weighted by atomic mass is 10.1. The monoisotopic (exact) mass is 494 g/mol. The first kappa shape index (κ1) is 22.9. The van der Waals surface area contributed by atoms with Crippen LogP contribution in [0.2, 0.25) is 0 Å². The first-order chi connectivity index (χ1) is 14.8. The van der Waals surface area contributed by atoms with E-state index in [0.29, 0.717) is 18.5 Å². The molecule has 0 spiro atoms. The lowest BCUT2D eigenvalue weighted by molar-refractivity contribution is 0.0589. The van der Waals surface area contributed by atoms with Gasteiger partial charge in [0.1, 0.15) is 17.2 Å². The SMILES string of the molecule is COC(=O)c1c(F)cc(CCn2c(=O)ccn2CCC(O)c2cccc(Br)c2)cc1F. The van der Waals surface area contributed by atoms with Gasteiger partial charge in [0.2, 0.25) is 0 Å². The number of aliphatic hydroxyl groups excluding tert-OH is 1. The summed E-state index contributed by atoms with van der Waals surface area (Å²) in [4.78, 5) is 23.7. The lowest BCUT2D eigenvalue weighted by Crippen LogP contribution is -2.24. The average Bonchev–Trinajstić information content (AvgIpc) is 3.09. The first-order valence-corrected chi connectivity index (χ1v) is 10.4. The highest BCUT2D eigenvalue weighted by Gasteiger charge is 2.19. The van der Waals surface area contributed by atoms with Crippen LogP contribution in [0.3, 0.4) is 0 Å². The predicted molar refractivity (Wildman–Crippen MR) is 114 cm³/mol. The number of carbonyl (C=O) groups is 1. The van der Waals surface area contributed by atoms with Crippen molar-refractivity contribution in [1.82, 2.24) is 9.36 Å². The van der Waals surface area contributed by atoms with Gasteiger partial charge in [-0.1, -0.05) is 28.1 Å². The highest BCUT2D eigenvalue weighted by molar-refractivity contribution is 9.10. The molecular weight excluding hydrogens is 474 g/mol. The standard InChI is InChI=1S/C22H21BrF2N2O4/c1-31-22(30)21-17(24)11-14(12-18(21)25)5-10-27-20(29)7-9-26(27)8-6-19(28)15-3-2-4-16(23)13-15/h2-4,7,9,11-13,19,28H,5-6,8,10H2,1H3. The van der Waals surface area contributed by atoms with Gasteiger partial charge in [0, 0.05) is 29.8 Å². The number of esters is 1. The second-order valence-corrected chi connectivity index (χ2v) is 7.89. The van der Waals surface area contributed by atoms with Crippen molar-refractivity contribution < 1.29 is 23.4 Å². The topological polar surface area (TPSA) is 73.5 Å². The maximum atomic E-state index is 14.1. The summed E-state index contributed by atoms with van der Waals surface area (Å²) >= 11 is 3.37. The highest BCUT2D eigenvalue weighted by atomic mass is 79.9. The fourth-order valence-electron chi connectivity index (χ4n) is 3.31. The van der Waals surface area contributed by atoms with Crippen molar-refractivity contribution in [2.45, 2.75) is 32.0 Å². The van der Waals surface area contributed by atoms with Gasteiger partial charge in [0.25, 0.3) is 5.56 Å². The molecule has 0 aliphatic heterocycles. The largest absolute Gasteiger partial charge is 0.465 e. The van der Waals surface area contributed by atoms with Crippen molar-refractivity contribution >= 4 is 21.9 Å². The van der Waals surface area contributed by atoms with Crippen LogP contribution in [0.5, 0.6) is 0 Å². The third kappa shape index (κ3) is 5.48. The van der Waals surface area contributed by atoms with Gasteiger partial charge in [0.05, 0.1) is 13.2 Å². The van der Waals surface area contributed by atoms with E-state index < -0.39 is 29.3 Å². The molecule has 0 radical (unpaired) electrons. The van der Waals surface area contributed by atoms with E-state index in [0.717, 1.165) is 29.3 Å². The number of methoxy groups -OCH3 is 1. The van der Waals surface area contributed by atoms with E-state index in [1.807, 2.05) is 24.3 Å². The van der Waals surface area contributed by atoms with Crippen LogP contribution >= 0.6 is 15.9 Å². The molecular formula is C22H21BrF2N2O4. The van der Waals surface area contributed by atoms with Crippen molar-refractivity contribution in [2.24, 2.45) is 0 Å². The number of halogens is 3. The quantitative estimate of drug-likeness (QED) is 0.482. The summed E-state index contributed by atoms with van der Waals surface area (Å²) in [5, 5.41) is 10.4. The number of aryl methyl sites for hydroxylation is 2.